The number of ether oxygens (including phenoxy) is 1. The van der Waals surface area contributed by atoms with E-state index in [2.05, 4.69) is 30.5 Å². The van der Waals surface area contributed by atoms with Crippen LogP contribution in [0.5, 0.6) is 5.88 Å². The lowest BCUT2D eigenvalue weighted by atomic mass is 10.1. The van der Waals surface area contributed by atoms with Gasteiger partial charge in [0.25, 0.3) is 0 Å². The number of aryl methyl sites for hydroxylation is 1. The third kappa shape index (κ3) is 6.18. The van der Waals surface area contributed by atoms with Gasteiger partial charge in [-0.3, -0.25) is 4.68 Å². The van der Waals surface area contributed by atoms with Crippen molar-refractivity contribution in [1.82, 2.24) is 34.5 Å². The first-order valence-electron chi connectivity index (χ1n) is 10.4. The van der Waals surface area contributed by atoms with Crippen LogP contribution in [0.2, 0.25) is 5.15 Å². The molecule has 0 aliphatic heterocycles. The molecule has 35 heavy (non-hydrogen) atoms. The molecule has 0 aromatic carbocycles. The number of hydrogen-bond donors (Lipinski definition) is 2. The summed E-state index contributed by atoms with van der Waals surface area (Å²) in [5.41, 5.74) is 7.83. The van der Waals surface area contributed by atoms with Crippen molar-refractivity contribution in [3.8, 4) is 28.5 Å². The zero-order valence-corrected chi connectivity index (χ0v) is 19.3. The maximum absolute atomic E-state index is 12.7. The van der Waals surface area contributed by atoms with Gasteiger partial charge in [-0.15, -0.1) is 0 Å². The van der Waals surface area contributed by atoms with Gasteiger partial charge >= 0.3 is 6.18 Å². The summed E-state index contributed by atoms with van der Waals surface area (Å²) in [5.74, 6) is 1.25. The first-order valence-corrected chi connectivity index (χ1v) is 10.8. The fourth-order valence-corrected chi connectivity index (χ4v) is 3.43. The number of nitrogens with zero attached hydrogens (tertiary/aromatic N) is 7. The highest BCUT2D eigenvalue weighted by Gasteiger charge is 2.28. The van der Waals surface area contributed by atoms with Crippen molar-refractivity contribution < 1.29 is 17.9 Å². The summed E-state index contributed by atoms with van der Waals surface area (Å²) in [6, 6.07) is 4.68. The number of aromatic nitrogens is 7. The van der Waals surface area contributed by atoms with Crippen molar-refractivity contribution in [2.45, 2.75) is 19.1 Å². The molecule has 0 spiro atoms. The molecule has 0 aliphatic carbocycles. The molecule has 3 N–H and O–H groups in total. The molecular weight excluding hydrogens is 487 g/mol. The minimum absolute atomic E-state index is 0.240. The zero-order chi connectivity index (χ0) is 25.0. The number of anilines is 2. The molecule has 0 fully saturated rings. The van der Waals surface area contributed by atoms with E-state index in [0.717, 1.165) is 4.68 Å². The van der Waals surface area contributed by atoms with Gasteiger partial charge in [0, 0.05) is 43.4 Å². The third-order valence-electron chi connectivity index (χ3n) is 4.81. The van der Waals surface area contributed by atoms with Crippen LogP contribution in [0.15, 0.2) is 43.0 Å². The molecule has 4 heterocycles. The predicted molar refractivity (Wildman–Crippen MR) is 124 cm³/mol. The van der Waals surface area contributed by atoms with Gasteiger partial charge in [0.05, 0.1) is 18.5 Å². The summed E-state index contributed by atoms with van der Waals surface area (Å²) in [4.78, 5) is 12.4. The van der Waals surface area contributed by atoms with E-state index >= 15 is 0 Å². The number of nitrogens with one attached hydrogen (secondary N) is 1. The van der Waals surface area contributed by atoms with Crippen LogP contribution in [0, 0.1) is 0 Å². The van der Waals surface area contributed by atoms with E-state index in [1.165, 1.54) is 18.5 Å². The second-order valence-corrected chi connectivity index (χ2v) is 7.87. The normalized spacial score (nSPS) is 11.6. The summed E-state index contributed by atoms with van der Waals surface area (Å²) in [5, 5.41) is 11.7. The first kappa shape index (κ1) is 24.3. The van der Waals surface area contributed by atoms with Crippen LogP contribution in [-0.4, -0.2) is 53.8 Å². The van der Waals surface area contributed by atoms with Gasteiger partial charge in [0.2, 0.25) is 5.88 Å². The van der Waals surface area contributed by atoms with Gasteiger partial charge in [0.1, 0.15) is 23.1 Å². The predicted octanol–water partition coefficient (Wildman–Crippen LogP) is 3.81. The number of halogens is 4. The smallest absolute Gasteiger partial charge is 0.408 e. The number of nitrogens with two attached hydrogens (primary N) is 1. The van der Waals surface area contributed by atoms with Gasteiger partial charge in [-0.25, -0.2) is 19.6 Å². The molecule has 0 saturated carbocycles. The summed E-state index contributed by atoms with van der Waals surface area (Å²) >= 11 is 6.03. The number of nitrogen functional groups attached to an aromatic ring is 1. The summed E-state index contributed by atoms with van der Waals surface area (Å²) in [6.07, 6.45) is 2.12. The number of rotatable bonds is 9. The van der Waals surface area contributed by atoms with Crippen LogP contribution in [0.1, 0.15) is 6.42 Å². The zero-order valence-electron chi connectivity index (χ0n) is 18.5. The van der Waals surface area contributed by atoms with E-state index in [1.807, 2.05) is 0 Å². The van der Waals surface area contributed by atoms with Crippen molar-refractivity contribution in [2.24, 2.45) is 7.05 Å². The summed E-state index contributed by atoms with van der Waals surface area (Å²) in [6.45, 7) is -0.348. The van der Waals surface area contributed by atoms with Crippen LogP contribution < -0.4 is 15.8 Å². The van der Waals surface area contributed by atoms with Crippen LogP contribution in [0.25, 0.3) is 22.6 Å². The first-order chi connectivity index (χ1) is 16.7. The Bertz CT molecular complexity index is 1310. The quantitative estimate of drug-likeness (QED) is 0.259. The van der Waals surface area contributed by atoms with Crippen LogP contribution in [0.4, 0.5) is 24.7 Å². The second kappa shape index (κ2) is 10.2. The van der Waals surface area contributed by atoms with Crippen molar-refractivity contribution in [1.29, 1.82) is 0 Å². The highest BCUT2D eigenvalue weighted by molar-refractivity contribution is 6.29. The SMILES string of the molecule is Cn1ncc(-c2nccc(N)n2)c1OCCCNc1cc(Cl)ncc1-c1ccn(CC(F)(F)F)n1. The fraction of sp³-hybridized carbons (Fsp3) is 0.286. The van der Waals surface area contributed by atoms with Crippen LogP contribution >= 0.6 is 11.6 Å². The molecule has 0 saturated heterocycles. The molecule has 4 aromatic rings. The van der Waals surface area contributed by atoms with E-state index in [-0.39, 0.29) is 5.15 Å². The average Bonchev–Trinajstić information content (AvgIpc) is 3.39. The van der Waals surface area contributed by atoms with E-state index in [4.69, 9.17) is 22.1 Å². The van der Waals surface area contributed by atoms with Crippen LogP contribution in [0.3, 0.4) is 0 Å². The molecule has 4 aromatic heterocycles. The molecule has 0 bridgehead atoms. The van der Waals surface area contributed by atoms with E-state index in [9.17, 15) is 13.2 Å². The molecule has 0 radical (unpaired) electrons. The van der Waals surface area contributed by atoms with Crippen molar-refractivity contribution >= 4 is 23.1 Å². The van der Waals surface area contributed by atoms with Crippen LogP contribution in [-0.2, 0) is 13.6 Å². The van der Waals surface area contributed by atoms with Gasteiger partial charge in [-0.1, -0.05) is 11.6 Å². The Kier molecular flexibility index (Phi) is 7.05. The number of pyridine rings is 1. The summed E-state index contributed by atoms with van der Waals surface area (Å²) < 4.78 is 46.3. The van der Waals surface area contributed by atoms with E-state index in [0.29, 0.717) is 59.6 Å². The maximum Gasteiger partial charge on any atom is 0.408 e. The molecule has 0 aliphatic rings. The Morgan fingerprint density at radius 3 is 2.77 bits per heavy atom. The highest BCUT2D eigenvalue weighted by atomic mass is 35.5. The Morgan fingerprint density at radius 2 is 2.00 bits per heavy atom. The second-order valence-electron chi connectivity index (χ2n) is 7.49. The minimum atomic E-state index is -4.37. The third-order valence-corrected chi connectivity index (χ3v) is 5.01. The highest BCUT2D eigenvalue weighted by Crippen LogP contribution is 2.29. The largest absolute Gasteiger partial charge is 0.477 e. The molecule has 0 atom stereocenters. The van der Waals surface area contributed by atoms with Gasteiger partial charge in [-0.05, 0) is 24.6 Å². The Balaban J connectivity index is 1.38. The van der Waals surface area contributed by atoms with Gasteiger partial charge in [0.15, 0.2) is 5.82 Å². The summed E-state index contributed by atoms with van der Waals surface area (Å²) in [7, 11) is 1.74. The Hall–Kier alpha value is -3.87. The fourth-order valence-electron chi connectivity index (χ4n) is 3.27. The minimum Gasteiger partial charge on any atom is -0.477 e. The molecular formula is C21H21ClF3N9O. The average molecular weight is 508 g/mol. The molecule has 0 amide bonds. The number of hydrogen-bond acceptors (Lipinski definition) is 8. The van der Waals surface area contributed by atoms with Gasteiger partial charge in [-0.2, -0.15) is 23.4 Å². The molecule has 0 unspecified atom stereocenters. The molecule has 4 rings (SSSR count). The molecule has 10 nitrogen and oxygen atoms in total. The lowest BCUT2D eigenvalue weighted by Gasteiger charge is -2.12. The lowest BCUT2D eigenvalue weighted by Crippen LogP contribution is -2.18. The standard InChI is InChI=1S/C21H21ClF3N9O/c1-33-20(14(11-30-33)19-28-6-3-18(26)31-19)35-8-2-5-27-16-9-17(22)29-10-13(16)15-4-7-34(32-15)12-21(23,24)25/h3-4,6-7,9-11H,2,5,8,12H2,1H3,(H,27,29)(H2,26,28,31). The van der Waals surface area contributed by atoms with Crippen molar-refractivity contribution in [3.05, 3.63) is 48.1 Å². The molecule has 184 valence electrons. The topological polar surface area (TPSA) is 122 Å². The number of alkyl halides is 3. The van der Waals surface area contributed by atoms with Crippen molar-refractivity contribution in [2.75, 3.05) is 24.2 Å². The Morgan fingerprint density at radius 1 is 1.17 bits per heavy atom. The van der Waals surface area contributed by atoms with E-state index < -0.39 is 12.7 Å². The van der Waals surface area contributed by atoms with Gasteiger partial charge < -0.3 is 15.8 Å². The molecule has 14 heteroatoms. The maximum atomic E-state index is 12.7. The lowest BCUT2D eigenvalue weighted by molar-refractivity contribution is -0.142. The van der Waals surface area contributed by atoms with E-state index in [1.54, 1.807) is 36.3 Å². The monoisotopic (exact) mass is 507 g/mol. The van der Waals surface area contributed by atoms with Crippen molar-refractivity contribution in [3.63, 3.8) is 0 Å². The Labute approximate surface area is 202 Å².